The highest BCUT2D eigenvalue weighted by Crippen LogP contribution is 2.18. The number of unbranched alkanes of at least 4 members (excludes halogenated alkanes) is 1. The first-order valence-electron chi connectivity index (χ1n) is 5.83. The molecule has 0 bridgehead atoms. The van der Waals surface area contributed by atoms with Crippen LogP contribution >= 0.6 is 0 Å². The van der Waals surface area contributed by atoms with E-state index in [-0.39, 0.29) is 0 Å². The monoisotopic (exact) mass is 222 g/mol. The third kappa shape index (κ3) is 4.53. The first-order valence-corrected chi connectivity index (χ1v) is 5.83. The van der Waals surface area contributed by atoms with Gasteiger partial charge in [0.1, 0.15) is 0 Å². The van der Waals surface area contributed by atoms with Crippen LogP contribution in [0.2, 0.25) is 0 Å². The van der Waals surface area contributed by atoms with E-state index < -0.39 is 0 Å². The van der Waals surface area contributed by atoms with Gasteiger partial charge < -0.3 is 16.0 Å². The lowest BCUT2D eigenvalue weighted by Gasteiger charge is -2.23. The van der Waals surface area contributed by atoms with Crippen molar-refractivity contribution >= 4 is 11.4 Å². The molecule has 0 saturated heterocycles. The third-order valence-corrected chi connectivity index (χ3v) is 2.69. The Balaban J connectivity index is 2.40. The summed E-state index contributed by atoms with van der Waals surface area (Å²) < 4.78 is 1.02. The zero-order valence-electron chi connectivity index (χ0n) is 10.7. The molecule has 1 rings (SSSR count). The van der Waals surface area contributed by atoms with Gasteiger partial charge in [-0.2, -0.15) is 0 Å². The number of hydrogen-bond acceptors (Lipinski definition) is 2. The summed E-state index contributed by atoms with van der Waals surface area (Å²) in [5, 5.41) is 0. The van der Waals surface area contributed by atoms with Crippen LogP contribution in [0.25, 0.3) is 0 Å². The normalized spacial score (nSPS) is 11.7. The lowest BCUT2D eigenvalue weighted by atomic mass is 10.1. The number of benzene rings is 1. The van der Waals surface area contributed by atoms with E-state index >= 15 is 0 Å². The number of nitrogen functional groups attached to an aromatic ring is 2. The molecule has 90 valence electrons. The van der Waals surface area contributed by atoms with Gasteiger partial charge in [-0.05, 0) is 43.0 Å². The molecule has 1 aromatic carbocycles. The summed E-state index contributed by atoms with van der Waals surface area (Å²) in [7, 11) is 6.65. The van der Waals surface area contributed by atoms with Crippen LogP contribution in [0.15, 0.2) is 18.2 Å². The third-order valence-electron chi connectivity index (χ3n) is 2.69. The molecule has 0 aliphatic rings. The summed E-state index contributed by atoms with van der Waals surface area (Å²) in [5.74, 6) is 0. The van der Waals surface area contributed by atoms with Gasteiger partial charge in [-0.1, -0.05) is 0 Å². The van der Waals surface area contributed by atoms with Crippen molar-refractivity contribution in [3.05, 3.63) is 23.8 Å². The fourth-order valence-electron chi connectivity index (χ4n) is 1.74. The molecular weight excluding hydrogens is 198 g/mol. The lowest BCUT2D eigenvalue weighted by molar-refractivity contribution is -0.870. The molecule has 3 nitrogen and oxygen atoms in total. The zero-order valence-corrected chi connectivity index (χ0v) is 10.7. The standard InChI is InChI=1S/C13H24N3/c1-16(2,3)9-5-4-6-11-10-12(14)7-8-13(11)15/h7-8,10H,4-6,9,14-15H2,1-3H3/q+1. The van der Waals surface area contributed by atoms with Crippen LogP contribution in [0, 0.1) is 0 Å². The van der Waals surface area contributed by atoms with Crippen LogP contribution < -0.4 is 11.5 Å². The minimum Gasteiger partial charge on any atom is -0.399 e. The molecule has 0 amide bonds. The predicted molar refractivity (Wildman–Crippen MR) is 71.1 cm³/mol. The molecule has 3 heteroatoms. The summed E-state index contributed by atoms with van der Waals surface area (Å²) in [5.41, 5.74) is 14.5. The minimum atomic E-state index is 0.802. The molecular formula is C13H24N3+. The minimum absolute atomic E-state index is 0.802. The maximum Gasteiger partial charge on any atom is 0.0780 e. The van der Waals surface area contributed by atoms with E-state index in [1.165, 1.54) is 24.9 Å². The Morgan fingerprint density at radius 1 is 1.06 bits per heavy atom. The van der Waals surface area contributed by atoms with Crippen LogP contribution in [0.5, 0.6) is 0 Å². The molecule has 0 fully saturated rings. The van der Waals surface area contributed by atoms with Crippen LogP contribution in [0.3, 0.4) is 0 Å². The van der Waals surface area contributed by atoms with Crippen LogP contribution in [0.1, 0.15) is 18.4 Å². The Morgan fingerprint density at radius 2 is 1.75 bits per heavy atom. The number of nitrogens with two attached hydrogens (primary N) is 2. The van der Waals surface area contributed by atoms with Crippen LogP contribution in [-0.4, -0.2) is 32.2 Å². The number of anilines is 2. The van der Waals surface area contributed by atoms with Gasteiger partial charge in [0.05, 0.1) is 27.7 Å². The number of hydrogen-bond donors (Lipinski definition) is 2. The molecule has 0 radical (unpaired) electrons. The van der Waals surface area contributed by atoms with E-state index in [0.717, 1.165) is 22.3 Å². The van der Waals surface area contributed by atoms with E-state index in [1.807, 2.05) is 18.2 Å². The second-order valence-corrected chi connectivity index (χ2v) is 5.43. The van der Waals surface area contributed by atoms with Gasteiger partial charge in [-0.3, -0.25) is 0 Å². The van der Waals surface area contributed by atoms with Crippen molar-refractivity contribution in [2.45, 2.75) is 19.3 Å². The highest BCUT2D eigenvalue weighted by molar-refractivity contribution is 5.55. The van der Waals surface area contributed by atoms with Gasteiger partial charge >= 0.3 is 0 Å². The molecule has 4 N–H and O–H groups in total. The summed E-state index contributed by atoms with van der Waals surface area (Å²) in [6, 6.07) is 5.73. The van der Waals surface area contributed by atoms with Crippen molar-refractivity contribution in [3.63, 3.8) is 0 Å². The SMILES string of the molecule is C[N+](C)(C)CCCCc1cc(N)ccc1N. The van der Waals surface area contributed by atoms with Crippen molar-refractivity contribution < 1.29 is 4.48 Å². The summed E-state index contributed by atoms with van der Waals surface area (Å²) in [6.07, 6.45) is 3.41. The maximum absolute atomic E-state index is 5.90. The highest BCUT2D eigenvalue weighted by atomic mass is 15.3. The lowest BCUT2D eigenvalue weighted by Crippen LogP contribution is -2.35. The van der Waals surface area contributed by atoms with E-state index in [0.29, 0.717) is 0 Å². The van der Waals surface area contributed by atoms with Gasteiger partial charge in [-0.25, -0.2) is 0 Å². The van der Waals surface area contributed by atoms with E-state index in [2.05, 4.69) is 21.1 Å². The molecule has 0 atom stereocenters. The van der Waals surface area contributed by atoms with Gasteiger partial charge in [0.25, 0.3) is 0 Å². The van der Waals surface area contributed by atoms with E-state index in [9.17, 15) is 0 Å². The number of quaternary nitrogens is 1. The molecule has 0 unspecified atom stereocenters. The number of rotatable bonds is 5. The van der Waals surface area contributed by atoms with Crippen molar-refractivity contribution in [2.24, 2.45) is 0 Å². The second kappa shape index (κ2) is 5.21. The topological polar surface area (TPSA) is 52.0 Å². The fourth-order valence-corrected chi connectivity index (χ4v) is 1.74. The average Bonchev–Trinajstić information content (AvgIpc) is 2.16. The van der Waals surface area contributed by atoms with Gasteiger partial charge in [0, 0.05) is 11.4 Å². The molecule has 0 saturated carbocycles. The summed E-state index contributed by atoms with van der Waals surface area (Å²) in [6.45, 7) is 1.20. The predicted octanol–water partition coefficient (Wildman–Crippen LogP) is 1.88. The van der Waals surface area contributed by atoms with Crippen molar-refractivity contribution in [1.82, 2.24) is 0 Å². The van der Waals surface area contributed by atoms with Gasteiger partial charge in [-0.15, -0.1) is 0 Å². The maximum atomic E-state index is 5.90. The van der Waals surface area contributed by atoms with Gasteiger partial charge in [0.15, 0.2) is 0 Å². The summed E-state index contributed by atoms with van der Waals surface area (Å²) in [4.78, 5) is 0. The molecule has 0 aliphatic heterocycles. The first kappa shape index (κ1) is 12.8. The molecule has 0 spiro atoms. The second-order valence-electron chi connectivity index (χ2n) is 5.43. The quantitative estimate of drug-likeness (QED) is 0.454. The molecule has 1 aromatic rings. The number of nitrogens with zero attached hydrogens (tertiary/aromatic N) is 1. The van der Waals surface area contributed by atoms with E-state index in [1.54, 1.807) is 0 Å². The van der Waals surface area contributed by atoms with E-state index in [4.69, 9.17) is 11.5 Å². The Hall–Kier alpha value is -1.22. The van der Waals surface area contributed by atoms with Crippen LogP contribution in [0.4, 0.5) is 11.4 Å². The van der Waals surface area contributed by atoms with Crippen LogP contribution in [-0.2, 0) is 6.42 Å². The van der Waals surface area contributed by atoms with Gasteiger partial charge in [0.2, 0.25) is 0 Å². The first-order chi connectivity index (χ1) is 7.38. The fraction of sp³-hybridized carbons (Fsp3) is 0.538. The molecule has 0 aromatic heterocycles. The Labute approximate surface area is 98.6 Å². The molecule has 16 heavy (non-hydrogen) atoms. The smallest absolute Gasteiger partial charge is 0.0780 e. The zero-order chi connectivity index (χ0) is 12.2. The van der Waals surface area contributed by atoms with Crippen molar-refractivity contribution in [2.75, 3.05) is 39.2 Å². The Morgan fingerprint density at radius 3 is 2.38 bits per heavy atom. The molecule has 0 aliphatic carbocycles. The Bertz CT molecular complexity index is 340. The summed E-state index contributed by atoms with van der Waals surface area (Å²) >= 11 is 0. The molecule has 0 heterocycles. The van der Waals surface area contributed by atoms with Crippen molar-refractivity contribution in [3.8, 4) is 0 Å². The average molecular weight is 222 g/mol. The largest absolute Gasteiger partial charge is 0.399 e. The Kier molecular flexibility index (Phi) is 4.19. The number of aryl methyl sites for hydroxylation is 1. The van der Waals surface area contributed by atoms with Crippen molar-refractivity contribution in [1.29, 1.82) is 0 Å². The highest BCUT2D eigenvalue weighted by Gasteiger charge is 2.06.